The zero-order valence-corrected chi connectivity index (χ0v) is 16.5. The highest BCUT2D eigenvalue weighted by Gasteiger charge is 2.27. The first-order chi connectivity index (χ1) is 14.2. The molecule has 0 spiro atoms. The number of aromatic nitrogens is 2. The van der Waals surface area contributed by atoms with Gasteiger partial charge in [0.2, 0.25) is 6.79 Å². The fourth-order valence-electron chi connectivity index (χ4n) is 4.07. The fourth-order valence-corrected chi connectivity index (χ4v) is 4.07. The number of pyridine rings is 1. The van der Waals surface area contributed by atoms with Crippen LogP contribution in [0.15, 0.2) is 42.6 Å². The predicted octanol–water partition coefficient (Wildman–Crippen LogP) is 2.58. The minimum Gasteiger partial charge on any atom is -0.454 e. The number of piperazine rings is 1. The van der Waals surface area contributed by atoms with Crippen molar-refractivity contribution in [2.24, 2.45) is 0 Å². The Morgan fingerprint density at radius 2 is 1.90 bits per heavy atom. The Balaban J connectivity index is 1.27. The largest absolute Gasteiger partial charge is 0.454 e. The van der Waals surface area contributed by atoms with E-state index in [4.69, 9.17) is 9.47 Å². The van der Waals surface area contributed by atoms with E-state index in [2.05, 4.69) is 16.0 Å². The molecule has 5 rings (SSSR count). The van der Waals surface area contributed by atoms with Crippen LogP contribution >= 0.6 is 0 Å². The number of carbonyl (C=O) groups is 1. The van der Waals surface area contributed by atoms with Crippen LogP contribution < -0.4 is 9.47 Å². The lowest BCUT2D eigenvalue weighted by molar-refractivity contribution is 0.0620. The number of fused-ring (bicyclic) bond motifs is 2. The number of rotatable bonds is 4. The highest BCUT2D eigenvalue weighted by atomic mass is 16.7. The molecule has 0 atom stereocenters. The molecule has 2 aliphatic heterocycles. The Morgan fingerprint density at radius 3 is 2.72 bits per heavy atom. The molecule has 0 N–H and O–H groups in total. The number of carbonyl (C=O) groups excluding carboxylic acids is 1. The molecule has 4 heterocycles. The molecule has 150 valence electrons. The maximum atomic E-state index is 13.3. The molecule has 0 bridgehead atoms. The fraction of sp³-hybridized carbons (Fsp3) is 0.364. The van der Waals surface area contributed by atoms with Crippen molar-refractivity contribution in [3.63, 3.8) is 0 Å². The standard InChI is InChI=1S/C22H24N4O3/c1-2-17-21(26-8-4-3-5-20(26)23-17)22(27)25-11-9-24(10-12-25)14-16-6-7-18-19(13-16)29-15-28-18/h3-8,13H,2,9-12,14-15H2,1H3. The summed E-state index contributed by atoms with van der Waals surface area (Å²) >= 11 is 0. The van der Waals surface area contributed by atoms with Crippen molar-refractivity contribution in [1.82, 2.24) is 19.2 Å². The average molecular weight is 392 g/mol. The molecule has 3 aromatic rings. The summed E-state index contributed by atoms with van der Waals surface area (Å²) in [4.78, 5) is 22.2. The summed E-state index contributed by atoms with van der Waals surface area (Å²) in [5.74, 6) is 1.70. The summed E-state index contributed by atoms with van der Waals surface area (Å²) in [5.41, 5.74) is 3.59. The van der Waals surface area contributed by atoms with Gasteiger partial charge in [0, 0.05) is 38.9 Å². The normalized spacial score (nSPS) is 16.5. The van der Waals surface area contributed by atoms with Crippen LogP contribution in [0.25, 0.3) is 5.65 Å². The minimum atomic E-state index is 0.0725. The summed E-state index contributed by atoms with van der Waals surface area (Å²) in [6.45, 7) is 6.30. The first kappa shape index (κ1) is 18.0. The van der Waals surface area contributed by atoms with Crippen LogP contribution in [0, 0.1) is 0 Å². The van der Waals surface area contributed by atoms with Crippen LogP contribution in [0.3, 0.4) is 0 Å². The molecule has 2 aromatic heterocycles. The van der Waals surface area contributed by atoms with E-state index in [0.717, 1.165) is 48.9 Å². The van der Waals surface area contributed by atoms with Gasteiger partial charge in [-0.3, -0.25) is 14.1 Å². The number of ether oxygens (including phenoxy) is 2. The van der Waals surface area contributed by atoms with E-state index < -0.39 is 0 Å². The number of aryl methyl sites for hydroxylation is 1. The van der Waals surface area contributed by atoms with Gasteiger partial charge in [-0.1, -0.05) is 19.1 Å². The van der Waals surface area contributed by atoms with Crippen molar-refractivity contribution in [3.8, 4) is 11.5 Å². The lowest BCUT2D eigenvalue weighted by Gasteiger charge is -2.34. The summed E-state index contributed by atoms with van der Waals surface area (Å²) < 4.78 is 12.8. The van der Waals surface area contributed by atoms with Gasteiger partial charge >= 0.3 is 0 Å². The maximum Gasteiger partial charge on any atom is 0.272 e. The lowest BCUT2D eigenvalue weighted by Crippen LogP contribution is -2.48. The number of imidazole rings is 1. The first-order valence-electron chi connectivity index (χ1n) is 10.1. The molecule has 0 saturated carbocycles. The Morgan fingerprint density at radius 1 is 1.07 bits per heavy atom. The summed E-state index contributed by atoms with van der Waals surface area (Å²) in [7, 11) is 0. The molecule has 1 saturated heterocycles. The Bertz CT molecular complexity index is 1050. The smallest absolute Gasteiger partial charge is 0.272 e. The third-order valence-electron chi connectivity index (χ3n) is 5.64. The van der Waals surface area contributed by atoms with Crippen LogP contribution in [0.4, 0.5) is 0 Å². The Kier molecular flexibility index (Phi) is 4.60. The molecule has 2 aliphatic rings. The third-order valence-corrected chi connectivity index (χ3v) is 5.64. The topological polar surface area (TPSA) is 59.3 Å². The molecule has 7 nitrogen and oxygen atoms in total. The van der Waals surface area contributed by atoms with E-state index in [-0.39, 0.29) is 5.91 Å². The molecule has 1 fully saturated rings. The van der Waals surface area contributed by atoms with Crippen molar-refractivity contribution >= 4 is 11.6 Å². The van der Waals surface area contributed by atoms with Gasteiger partial charge in [-0.05, 0) is 36.2 Å². The highest BCUT2D eigenvalue weighted by Crippen LogP contribution is 2.32. The van der Waals surface area contributed by atoms with E-state index in [0.29, 0.717) is 25.6 Å². The summed E-state index contributed by atoms with van der Waals surface area (Å²) in [6.07, 6.45) is 2.66. The minimum absolute atomic E-state index is 0.0725. The van der Waals surface area contributed by atoms with E-state index in [1.807, 2.05) is 52.8 Å². The lowest BCUT2D eigenvalue weighted by atomic mass is 10.1. The van der Waals surface area contributed by atoms with Gasteiger partial charge in [0.05, 0.1) is 5.69 Å². The van der Waals surface area contributed by atoms with Crippen molar-refractivity contribution in [2.45, 2.75) is 19.9 Å². The molecule has 0 radical (unpaired) electrons. The number of benzene rings is 1. The van der Waals surface area contributed by atoms with E-state index in [1.54, 1.807) is 0 Å². The van der Waals surface area contributed by atoms with Crippen LogP contribution in [0.5, 0.6) is 11.5 Å². The van der Waals surface area contributed by atoms with Crippen LogP contribution in [-0.2, 0) is 13.0 Å². The van der Waals surface area contributed by atoms with Crippen molar-refractivity contribution in [1.29, 1.82) is 0 Å². The molecule has 1 amide bonds. The second kappa shape index (κ2) is 7.40. The highest BCUT2D eigenvalue weighted by molar-refractivity contribution is 5.94. The van der Waals surface area contributed by atoms with Gasteiger partial charge < -0.3 is 14.4 Å². The van der Waals surface area contributed by atoms with Gasteiger partial charge in [0.15, 0.2) is 11.5 Å². The number of amides is 1. The van der Waals surface area contributed by atoms with Gasteiger partial charge in [-0.2, -0.15) is 0 Å². The molecular formula is C22H24N4O3. The number of hydrogen-bond donors (Lipinski definition) is 0. The van der Waals surface area contributed by atoms with Crippen molar-refractivity contribution in [2.75, 3.05) is 33.0 Å². The van der Waals surface area contributed by atoms with Crippen LogP contribution in [0.1, 0.15) is 28.7 Å². The first-order valence-corrected chi connectivity index (χ1v) is 10.1. The van der Waals surface area contributed by atoms with Crippen LogP contribution in [-0.4, -0.2) is 58.1 Å². The molecule has 29 heavy (non-hydrogen) atoms. The molecule has 0 unspecified atom stereocenters. The second-order valence-electron chi connectivity index (χ2n) is 7.45. The molecular weight excluding hydrogens is 368 g/mol. The molecule has 7 heteroatoms. The van der Waals surface area contributed by atoms with Gasteiger partial charge in [0.1, 0.15) is 11.3 Å². The third kappa shape index (κ3) is 3.31. The van der Waals surface area contributed by atoms with E-state index >= 15 is 0 Å². The Hall–Kier alpha value is -3.06. The maximum absolute atomic E-state index is 13.3. The Labute approximate surface area is 169 Å². The van der Waals surface area contributed by atoms with Gasteiger partial charge in [-0.25, -0.2) is 4.98 Å². The van der Waals surface area contributed by atoms with Crippen molar-refractivity contribution in [3.05, 3.63) is 59.5 Å². The number of hydrogen-bond acceptors (Lipinski definition) is 5. The molecule has 1 aromatic carbocycles. The second-order valence-corrected chi connectivity index (χ2v) is 7.45. The quantitative estimate of drug-likeness (QED) is 0.683. The van der Waals surface area contributed by atoms with Crippen molar-refractivity contribution < 1.29 is 14.3 Å². The van der Waals surface area contributed by atoms with E-state index in [9.17, 15) is 4.79 Å². The van der Waals surface area contributed by atoms with Gasteiger partial charge in [0.25, 0.3) is 5.91 Å². The average Bonchev–Trinajstić information content (AvgIpc) is 3.37. The zero-order valence-electron chi connectivity index (χ0n) is 16.5. The van der Waals surface area contributed by atoms with Gasteiger partial charge in [-0.15, -0.1) is 0 Å². The zero-order chi connectivity index (χ0) is 19.8. The molecule has 0 aliphatic carbocycles. The number of nitrogens with zero attached hydrogens (tertiary/aromatic N) is 4. The SMILES string of the molecule is CCc1nc2ccccn2c1C(=O)N1CCN(Cc2ccc3c(c2)OCO3)CC1. The van der Waals surface area contributed by atoms with Crippen LogP contribution in [0.2, 0.25) is 0 Å². The summed E-state index contributed by atoms with van der Waals surface area (Å²) in [5, 5.41) is 0. The predicted molar refractivity (Wildman–Crippen MR) is 108 cm³/mol. The van der Waals surface area contributed by atoms with E-state index in [1.165, 1.54) is 5.56 Å². The monoisotopic (exact) mass is 392 g/mol. The summed E-state index contributed by atoms with van der Waals surface area (Å²) in [6, 6.07) is 11.9.